The number of nitrogens with one attached hydrogen (secondary N) is 1. The first kappa shape index (κ1) is 7.73. The summed E-state index contributed by atoms with van der Waals surface area (Å²) in [5, 5.41) is 11.3. The third kappa shape index (κ3) is 1.64. The van der Waals surface area contributed by atoms with Crippen molar-refractivity contribution < 1.29 is 0 Å². The molecule has 0 amide bonds. The van der Waals surface area contributed by atoms with Gasteiger partial charge in [-0.25, -0.2) is 0 Å². The zero-order chi connectivity index (χ0) is 8.60. The fraction of sp³-hybridized carbons (Fsp3) is 0.750. The van der Waals surface area contributed by atoms with E-state index in [2.05, 4.69) is 22.6 Å². The van der Waals surface area contributed by atoms with E-state index in [4.69, 9.17) is 0 Å². The number of hydrogen-bond acceptors (Lipinski definition) is 3. The minimum atomic E-state index is 0.386. The Morgan fingerprint density at radius 1 is 1.67 bits per heavy atom. The predicted molar refractivity (Wildman–Crippen MR) is 45.5 cm³/mol. The number of nitrogens with zero attached hydrogens (tertiary/aromatic N) is 3. The Morgan fingerprint density at radius 3 is 2.92 bits per heavy atom. The number of aromatic nitrogens is 3. The third-order valence-corrected chi connectivity index (χ3v) is 2.35. The minimum absolute atomic E-state index is 0.386. The maximum absolute atomic E-state index is 4.00. The molecule has 0 unspecified atom stereocenters. The van der Waals surface area contributed by atoms with E-state index in [1.807, 2.05) is 13.2 Å². The lowest BCUT2D eigenvalue weighted by Gasteiger charge is -2.08. The monoisotopic (exact) mass is 166 g/mol. The molecule has 1 aromatic heterocycles. The van der Waals surface area contributed by atoms with Crippen LogP contribution in [0.4, 0.5) is 0 Å². The smallest absolute Gasteiger partial charge is 0.0964 e. The van der Waals surface area contributed by atoms with Crippen molar-refractivity contribution in [2.45, 2.75) is 31.8 Å². The highest BCUT2D eigenvalue weighted by Gasteiger charge is 2.36. The molecule has 0 spiro atoms. The van der Waals surface area contributed by atoms with Crippen molar-refractivity contribution in [2.24, 2.45) is 7.05 Å². The van der Waals surface area contributed by atoms with Gasteiger partial charge in [0.2, 0.25) is 0 Å². The van der Waals surface area contributed by atoms with Gasteiger partial charge in [0.25, 0.3) is 0 Å². The normalized spacial score (nSPS) is 19.5. The van der Waals surface area contributed by atoms with Crippen LogP contribution < -0.4 is 5.32 Å². The summed E-state index contributed by atoms with van der Waals surface area (Å²) in [7, 11) is 1.88. The molecule has 0 aromatic carbocycles. The van der Waals surface area contributed by atoms with Crippen molar-refractivity contribution in [3.8, 4) is 0 Å². The van der Waals surface area contributed by atoms with E-state index >= 15 is 0 Å². The molecular weight excluding hydrogens is 152 g/mol. The van der Waals surface area contributed by atoms with Crippen LogP contribution in [0.2, 0.25) is 0 Å². The molecule has 1 heterocycles. The average molecular weight is 166 g/mol. The van der Waals surface area contributed by atoms with Crippen LogP contribution in [0, 0.1) is 0 Å². The Morgan fingerprint density at radius 2 is 2.42 bits per heavy atom. The Hall–Kier alpha value is -0.900. The van der Waals surface area contributed by atoms with Crippen LogP contribution >= 0.6 is 0 Å². The molecule has 0 saturated heterocycles. The molecule has 4 nitrogen and oxygen atoms in total. The fourth-order valence-corrected chi connectivity index (χ4v) is 1.14. The van der Waals surface area contributed by atoms with Crippen molar-refractivity contribution in [1.29, 1.82) is 0 Å². The summed E-state index contributed by atoms with van der Waals surface area (Å²) in [5.41, 5.74) is 1.41. The molecule has 1 aliphatic rings. The van der Waals surface area contributed by atoms with Gasteiger partial charge >= 0.3 is 0 Å². The molecular formula is C8H14N4. The fourth-order valence-electron chi connectivity index (χ4n) is 1.14. The third-order valence-electron chi connectivity index (χ3n) is 2.35. The van der Waals surface area contributed by atoms with Crippen LogP contribution in [0.1, 0.15) is 25.5 Å². The average Bonchev–Trinajstić information content (AvgIpc) is 2.60. The molecule has 1 aliphatic carbocycles. The van der Waals surface area contributed by atoms with Gasteiger partial charge in [-0.05, 0) is 19.8 Å². The van der Waals surface area contributed by atoms with E-state index in [-0.39, 0.29) is 0 Å². The maximum Gasteiger partial charge on any atom is 0.0964 e. The lowest BCUT2D eigenvalue weighted by Crippen LogP contribution is -2.27. The highest BCUT2D eigenvalue weighted by molar-refractivity contribution is 5.00. The van der Waals surface area contributed by atoms with Gasteiger partial charge in [0.05, 0.1) is 5.69 Å². The van der Waals surface area contributed by atoms with E-state index in [1.54, 1.807) is 4.68 Å². The number of rotatable bonds is 3. The molecule has 0 aliphatic heterocycles. The second-order valence-electron chi connectivity index (χ2n) is 3.80. The van der Waals surface area contributed by atoms with Crippen LogP contribution in [-0.2, 0) is 13.6 Å². The van der Waals surface area contributed by atoms with E-state index in [0.717, 1.165) is 12.2 Å². The quantitative estimate of drug-likeness (QED) is 0.709. The molecule has 0 bridgehead atoms. The highest BCUT2D eigenvalue weighted by Crippen LogP contribution is 2.34. The second-order valence-corrected chi connectivity index (χ2v) is 3.80. The first-order valence-electron chi connectivity index (χ1n) is 4.28. The molecule has 1 N–H and O–H groups in total. The zero-order valence-electron chi connectivity index (χ0n) is 7.54. The summed E-state index contributed by atoms with van der Waals surface area (Å²) in [6.45, 7) is 3.08. The van der Waals surface area contributed by atoms with Gasteiger partial charge in [0.1, 0.15) is 0 Å². The van der Waals surface area contributed by atoms with E-state index in [9.17, 15) is 0 Å². The van der Waals surface area contributed by atoms with Crippen molar-refractivity contribution in [2.75, 3.05) is 0 Å². The van der Waals surface area contributed by atoms with Crippen molar-refractivity contribution in [3.63, 3.8) is 0 Å². The van der Waals surface area contributed by atoms with Crippen molar-refractivity contribution >= 4 is 0 Å². The maximum atomic E-state index is 4.00. The molecule has 0 atom stereocenters. The van der Waals surface area contributed by atoms with Gasteiger partial charge in [0, 0.05) is 25.3 Å². The number of aryl methyl sites for hydroxylation is 1. The van der Waals surface area contributed by atoms with Crippen molar-refractivity contribution in [3.05, 3.63) is 11.9 Å². The summed E-state index contributed by atoms with van der Waals surface area (Å²) >= 11 is 0. The van der Waals surface area contributed by atoms with E-state index in [1.165, 1.54) is 12.8 Å². The Kier molecular flexibility index (Phi) is 1.65. The SMILES string of the molecule is Cn1cc(CNC2(C)CC2)nn1. The molecule has 1 fully saturated rings. The van der Waals surface area contributed by atoms with Crippen LogP contribution in [0.5, 0.6) is 0 Å². The molecule has 66 valence electrons. The molecule has 0 radical (unpaired) electrons. The van der Waals surface area contributed by atoms with E-state index in [0.29, 0.717) is 5.54 Å². The lowest BCUT2D eigenvalue weighted by molar-refractivity contribution is 0.531. The van der Waals surface area contributed by atoms with Gasteiger partial charge in [-0.3, -0.25) is 4.68 Å². The van der Waals surface area contributed by atoms with Gasteiger partial charge < -0.3 is 5.32 Å². The summed E-state index contributed by atoms with van der Waals surface area (Å²) in [4.78, 5) is 0. The second kappa shape index (κ2) is 2.55. The highest BCUT2D eigenvalue weighted by atomic mass is 15.4. The largest absolute Gasteiger partial charge is 0.306 e. The van der Waals surface area contributed by atoms with Gasteiger partial charge in [-0.2, -0.15) is 0 Å². The summed E-state index contributed by atoms with van der Waals surface area (Å²) in [6, 6.07) is 0. The first-order chi connectivity index (χ1) is 5.68. The molecule has 1 saturated carbocycles. The molecule has 4 heteroatoms. The molecule has 1 aromatic rings. The van der Waals surface area contributed by atoms with Crippen LogP contribution in [-0.4, -0.2) is 20.5 Å². The summed E-state index contributed by atoms with van der Waals surface area (Å²) < 4.78 is 1.73. The standard InChI is InChI=1S/C8H14N4/c1-8(3-4-8)9-5-7-6-12(2)11-10-7/h6,9H,3-5H2,1-2H3. The Labute approximate surface area is 72.0 Å². The van der Waals surface area contributed by atoms with Gasteiger partial charge in [0.15, 0.2) is 0 Å². The first-order valence-corrected chi connectivity index (χ1v) is 4.28. The van der Waals surface area contributed by atoms with Crippen LogP contribution in [0.3, 0.4) is 0 Å². The Balaban J connectivity index is 1.87. The molecule has 12 heavy (non-hydrogen) atoms. The van der Waals surface area contributed by atoms with Gasteiger partial charge in [-0.1, -0.05) is 5.21 Å². The number of hydrogen-bond donors (Lipinski definition) is 1. The van der Waals surface area contributed by atoms with Gasteiger partial charge in [-0.15, -0.1) is 5.10 Å². The summed E-state index contributed by atoms with van der Waals surface area (Å²) in [5.74, 6) is 0. The lowest BCUT2D eigenvalue weighted by atomic mass is 10.3. The van der Waals surface area contributed by atoms with Crippen LogP contribution in [0.15, 0.2) is 6.20 Å². The van der Waals surface area contributed by atoms with E-state index < -0.39 is 0 Å². The Bertz CT molecular complexity index is 274. The van der Waals surface area contributed by atoms with Crippen molar-refractivity contribution in [1.82, 2.24) is 20.3 Å². The zero-order valence-corrected chi connectivity index (χ0v) is 7.54. The summed E-state index contributed by atoms with van der Waals surface area (Å²) in [6.07, 6.45) is 4.51. The minimum Gasteiger partial charge on any atom is -0.306 e. The molecule has 2 rings (SSSR count). The predicted octanol–water partition coefficient (Wildman–Crippen LogP) is 0.457. The topological polar surface area (TPSA) is 42.7 Å². The van der Waals surface area contributed by atoms with Crippen LogP contribution in [0.25, 0.3) is 0 Å².